The normalized spacial score (nSPS) is 16.4. The van der Waals surface area contributed by atoms with E-state index in [1.54, 1.807) is 18.7 Å². The number of nitrogens with zero attached hydrogens (tertiary/aromatic N) is 5. The molecule has 4 rings (SSSR count). The molecule has 7 nitrogen and oxygen atoms in total. The molecule has 20 heavy (non-hydrogen) atoms. The second kappa shape index (κ2) is 4.55. The Morgan fingerprint density at radius 3 is 2.95 bits per heavy atom. The van der Waals surface area contributed by atoms with Gasteiger partial charge < -0.3 is 9.51 Å². The van der Waals surface area contributed by atoms with Gasteiger partial charge in [-0.1, -0.05) is 5.16 Å². The van der Waals surface area contributed by atoms with Gasteiger partial charge in [0, 0.05) is 6.20 Å². The van der Waals surface area contributed by atoms with E-state index in [1.807, 2.05) is 10.9 Å². The summed E-state index contributed by atoms with van der Waals surface area (Å²) >= 11 is 3.42. The van der Waals surface area contributed by atoms with Crippen molar-refractivity contribution >= 4 is 15.9 Å². The van der Waals surface area contributed by atoms with E-state index in [-0.39, 0.29) is 6.04 Å². The molecule has 0 saturated heterocycles. The SMILES string of the molecule is Brc1cnn(C(c2nc(-c3cnc[nH]3)no2)C2CC2)c1. The van der Waals surface area contributed by atoms with E-state index in [9.17, 15) is 0 Å². The topological polar surface area (TPSA) is 85.4 Å². The van der Waals surface area contributed by atoms with Gasteiger partial charge in [-0.15, -0.1) is 0 Å². The molecule has 0 aromatic carbocycles. The summed E-state index contributed by atoms with van der Waals surface area (Å²) in [6.07, 6.45) is 9.28. The fourth-order valence-corrected chi connectivity index (χ4v) is 2.55. The summed E-state index contributed by atoms with van der Waals surface area (Å²) in [5.74, 6) is 1.62. The quantitative estimate of drug-likeness (QED) is 0.791. The van der Waals surface area contributed by atoms with Crippen LogP contribution in [-0.2, 0) is 0 Å². The number of H-pyrrole nitrogens is 1. The fraction of sp³-hybridized carbons (Fsp3) is 0.333. The first kappa shape index (κ1) is 11.8. The number of hydrogen-bond donors (Lipinski definition) is 1. The molecule has 1 aliphatic carbocycles. The van der Waals surface area contributed by atoms with E-state index in [1.165, 1.54) is 0 Å². The van der Waals surface area contributed by atoms with E-state index >= 15 is 0 Å². The molecule has 1 saturated carbocycles. The minimum absolute atomic E-state index is 0.00507. The second-order valence-corrected chi connectivity index (χ2v) is 5.76. The van der Waals surface area contributed by atoms with E-state index in [4.69, 9.17) is 4.52 Å². The molecule has 3 aromatic heterocycles. The lowest BCUT2D eigenvalue weighted by molar-refractivity contribution is 0.308. The number of rotatable bonds is 4. The molecule has 1 unspecified atom stereocenters. The van der Waals surface area contributed by atoms with Crippen LogP contribution in [0.4, 0.5) is 0 Å². The Kier molecular flexibility index (Phi) is 2.69. The molecule has 0 spiro atoms. The van der Waals surface area contributed by atoms with Crippen LogP contribution in [0.15, 0.2) is 33.9 Å². The highest BCUT2D eigenvalue weighted by Crippen LogP contribution is 2.43. The van der Waals surface area contributed by atoms with Crippen molar-refractivity contribution in [1.82, 2.24) is 29.9 Å². The molecule has 1 atom stereocenters. The third-order valence-electron chi connectivity index (χ3n) is 3.36. The van der Waals surface area contributed by atoms with Gasteiger partial charge in [-0.25, -0.2) is 4.98 Å². The first-order valence-electron chi connectivity index (χ1n) is 6.33. The average Bonchev–Trinajstić information content (AvgIpc) is 2.89. The van der Waals surface area contributed by atoms with Crippen LogP contribution >= 0.6 is 15.9 Å². The van der Waals surface area contributed by atoms with Crippen molar-refractivity contribution in [3.63, 3.8) is 0 Å². The maximum Gasteiger partial charge on any atom is 0.252 e. The van der Waals surface area contributed by atoms with Crippen molar-refractivity contribution in [2.75, 3.05) is 0 Å². The van der Waals surface area contributed by atoms with Crippen molar-refractivity contribution < 1.29 is 4.52 Å². The minimum Gasteiger partial charge on any atom is -0.342 e. The van der Waals surface area contributed by atoms with E-state index in [2.05, 4.69) is 41.1 Å². The first-order valence-corrected chi connectivity index (χ1v) is 7.12. The van der Waals surface area contributed by atoms with Gasteiger partial charge in [0.25, 0.3) is 5.89 Å². The van der Waals surface area contributed by atoms with Gasteiger partial charge >= 0.3 is 0 Å². The highest BCUT2D eigenvalue weighted by atomic mass is 79.9. The highest BCUT2D eigenvalue weighted by molar-refractivity contribution is 9.10. The minimum atomic E-state index is 0.00507. The molecule has 1 fully saturated rings. The van der Waals surface area contributed by atoms with Crippen LogP contribution in [0.5, 0.6) is 0 Å². The summed E-state index contributed by atoms with van der Waals surface area (Å²) in [4.78, 5) is 11.4. The number of hydrogen-bond acceptors (Lipinski definition) is 5. The van der Waals surface area contributed by atoms with Crippen molar-refractivity contribution in [3.8, 4) is 11.5 Å². The predicted octanol–water partition coefficient (Wildman–Crippen LogP) is 2.42. The lowest BCUT2D eigenvalue weighted by Crippen LogP contribution is -2.13. The summed E-state index contributed by atoms with van der Waals surface area (Å²) < 4.78 is 8.25. The third kappa shape index (κ3) is 2.05. The Balaban J connectivity index is 1.70. The molecule has 0 radical (unpaired) electrons. The molecule has 0 aliphatic heterocycles. The Morgan fingerprint density at radius 2 is 2.30 bits per heavy atom. The van der Waals surface area contributed by atoms with Gasteiger partial charge in [0.15, 0.2) is 0 Å². The summed E-state index contributed by atoms with van der Waals surface area (Å²) in [6, 6.07) is 0.00507. The van der Waals surface area contributed by atoms with Gasteiger partial charge in [0.05, 0.1) is 23.2 Å². The Morgan fingerprint density at radius 1 is 1.40 bits per heavy atom. The lowest BCUT2D eigenvalue weighted by atomic mass is 10.2. The molecular weight excluding hydrogens is 324 g/mol. The van der Waals surface area contributed by atoms with Crippen molar-refractivity contribution in [2.45, 2.75) is 18.9 Å². The Labute approximate surface area is 122 Å². The predicted molar refractivity (Wildman–Crippen MR) is 72.7 cm³/mol. The van der Waals surface area contributed by atoms with E-state index in [0.29, 0.717) is 17.6 Å². The zero-order valence-electron chi connectivity index (χ0n) is 10.4. The van der Waals surface area contributed by atoms with Crippen LogP contribution in [0.3, 0.4) is 0 Å². The maximum absolute atomic E-state index is 5.43. The molecule has 3 heterocycles. The van der Waals surface area contributed by atoms with Crippen LogP contribution in [0.1, 0.15) is 24.8 Å². The zero-order chi connectivity index (χ0) is 13.5. The lowest BCUT2D eigenvalue weighted by Gasteiger charge is -2.11. The number of halogens is 1. The average molecular weight is 335 g/mol. The van der Waals surface area contributed by atoms with Gasteiger partial charge in [0.2, 0.25) is 5.82 Å². The maximum atomic E-state index is 5.43. The van der Waals surface area contributed by atoms with E-state index in [0.717, 1.165) is 23.0 Å². The van der Waals surface area contributed by atoms with E-state index < -0.39 is 0 Å². The van der Waals surface area contributed by atoms with Crippen LogP contribution < -0.4 is 0 Å². The third-order valence-corrected chi connectivity index (χ3v) is 3.77. The van der Waals surface area contributed by atoms with Gasteiger partial charge in [-0.05, 0) is 34.7 Å². The number of aromatic nitrogens is 6. The number of imidazole rings is 1. The molecular formula is C12H11BrN6O. The smallest absolute Gasteiger partial charge is 0.252 e. The Hall–Kier alpha value is -1.96. The van der Waals surface area contributed by atoms with Gasteiger partial charge in [-0.3, -0.25) is 4.68 Å². The summed E-state index contributed by atoms with van der Waals surface area (Å²) in [5, 5.41) is 8.36. The molecule has 102 valence electrons. The summed E-state index contributed by atoms with van der Waals surface area (Å²) in [7, 11) is 0. The fourth-order valence-electron chi connectivity index (χ4n) is 2.25. The Bertz CT molecular complexity index is 714. The monoisotopic (exact) mass is 334 g/mol. The van der Waals surface area contributed by atoms with Crippen LogP contribution in [-0.4, -0.2) is 29.9 Å². The second-order valence-electron chi connectivity index (χ2n) is 4.84. The van der Waals surface area contributed by atoms with Crippen molar-refractivity contribution in [3.05, 3.63) is 35.3 Å². The summed E-state index contributed by atoms with van der Waals surface area (Å²) in [6.45, 7) is 0. The number of nitrogens with one attached hydrogen (secondary N) is 1. The molecule has 8 heteroatoms. The molecule has 1 aliphatic rings. The largest absolute Gasteiger partial charge is 0.342 e. The molecule has 0 bridgehead atoms. The zero-order valence-corrected chi connectivity index (χ0v) is 12.0. The molecule has 0 amide bonds. The molecule has 3 aromatic rings. The summed E-state index contributed by atoms with van der Waals surface area (Å²) in [5.41, 5.74) is 0.746. The van der Waals surface area contributed by atoms with Crippen LogP contribution in [0.25, 0.3) is 11.5 Å². The first-order chi connectivity index (χ1) is 9.81. The van der Waals surface area contributed by atoms with Gasteiger partial charge in [-0.2, -0.15) is 10.1 Å². The number of aromatic amines is 1. The van der Waals surface area contributed by atoms with Crippen molar-refractivity contribution in [1.29, 1.82) is 0 Å². The standard InChI is InChI=1S/C12H11BrN6O/c13-8-3-16-19(5-8)10(7-1-2-7)12-17-11(18-20-12)9-4-14-6-15-9/h3-7,10H,1-2H2,(H,14,15). The van der Waals surface area contributed by atoms with Crippen molar-refractivity contribution in [2.24, 2.45) is 5.92 Å². The van der Waals surface area contributed by atoms with Gasteiger partial charge in [0.1, 0.15) is 11.7 Å². The van der Waals surface area contributed by atoms with Crippen LogP contribution in [0, 0.1) is 5.92 Å². The highest BCUT2D eigenvalue weighted by Gasteiger charge is 2.38. The molecule has 1 N–H and O–H groups in total. The van der Waals surface area contributed by atoms with Crippen LogP contribution in [0.2, 0.25) is 0 Å².